The average Bonchev–Trinajstić information content (AvgIpc) is 2.41. The van der Waals surface area contributed by atoms with Gasteiger partial charge >= 0.3 is 6.09 Å². The van der Waals surface area contributed by atoms with E-state index < -0.39 is 17.8 Å². The number of hydrogen-bond donors (Lipinski definition) is 2. The van der Waals surface area contributed by atoms with Crippen molar-refractivity contribution in [1.82, 2.24) is 0 Å². The molecule has 1 aliphatic rings. The summed E-state index contributed by atoms with van der Waals surface area (Å²) < 4.78 is 5.53. The third kappa shape index (κ3) is 3.50. The van der Waals surface area contributed by atoms with E-state index in [-0.39, 0.29) is 5.92 Å². The van der Waals surface area contributed by atoms with E-state index in [4.69, 9.17) is 22.1 Å². The van der Waals surface area contributed by atoms with Gasteiger partial charge in [0.15, 0.2) is 0 Å². The number of aliphatic hydroxyl groups is 1. The first kappa shape index (κ1) is 16.1. The van der Waals surface area contributed by atoms with E-state index in [0.29, 0.717) is 17.9 Å². The number of carbonyl (C=O) groups is 1. The molecule has 1 saturated carbocycles. The Morgan fingerprint density at radius 3 is 2.48 bits per heavy atom. The van der Waals surface area contributed by atoms with Gasteiger partial charge in [0.05, 0.1) is 12.0 Å². The zero-order chi connectivity index (χ0) is 15.5. The van der Waals surface area contributed by atoms with Crippen LogP contribution in [0.1, 0.15) is 50.5 Å². The highest BCUT2D eigenvalue weighted by Gasteiger charge is 2.46. The van der Waals surface area contributed by atoms with Crippen LogP contribution in [0.25, 0.3) is 0 Å². The van der Waals surface area contributed by atoms with Gasteiger partial charge in [0.25, 0.3) is 0 Å². The number of rotatable bonds is 4. The van der Waals surface area contributed by atoms with E-state index >= 15 is 0 Å². The van der Waals surface area contributed by atoms with Crippen molar-refractivity contribution in [2.24, 2.45) is 5.73 Å². The SMILES string of the molecule is C[C@@H](O)[C@@H](c1ccccc1Cl)C1(OC(N)=O)CCCCC1. The van der Waals surface area contributed by atoms with Crippen LogP contribution < -0.4 is 5.73 Å². The van der Waals surface area contributed by atoms with Gasteiger partial charge in [-0.1, -0.05) is 36.2 Å². The van der Waals surface area contributed by atoms with E-state index in [9.17, 15) is 9.90 Å². The summed E-state index contributed by atoms with van der Waals surface area (Å²) in [5.41, 5.74) is 5.32. The number of carbonyl (C=O) groups excluding carboxylic acids is 1. The average molecular weight is 312 g/mol. The highest BCUT2D eigenvalue weighted by Crippen LogP contribution is 2.46. The summed E-state index contributed by atoms with van der Waals surface area (Å²) in [6, 6.07) is 7.37. The molecule has 0 aromatic heterocycles. The lowest BCUT2D eigenvalue weighted by atomic mass is 9.70. The van der Waals surface area contributed by atoms with Crippen LogP contribution in [-0.2, 0) is 4.74 Å². The molecule has 1 fully saturated rings. The lowest BCUT2D eigenvalue weighted by Gasteiger charge is -2.44. The second kappa shape index (κ2) is 6.67. The minimum absolute atomic E-state index is 0.376. The monoisotopic (exact) mass is 311 g/mol. The Kier molecular flexibility index (Phi) is 5.12. The topological polar surface area (TPSA) is 72.6 Å². The lowest BCUT2D eigenvalue weighted by Crippen LogP contribution is -2.48. The van der Waals surface area contributed by atoms with E-state index in [0.717, 1.165) is 24.8 Å². The molecule has 116 valence electrons. The minimum atomic E-state index is -0.797. The predicted octanol–water partition coefficient (Wildman–Crippen LogP) is 3.60. The van der Waals surface area contributed by atoms with Gasteiger partial charge in [-0.15, -0.1) is 0 Å². The second-order valence-corrected chi connectivity index (χ2v) is 6.19. The molecule has 5 heteroatoms. The summed E-state index contributed by atoms with van der Waals surface area (Å²) in [5, 5.41) is 10.9. The lowest BCUT2D eigenvalue weighted by molar-refractivity contribution is -0.0625. The van der Waals surface area contributed by atoms with Crippen molar-refractivity contribution in [1.29, 1.82) is 0 Å². The van der Waals surface area contributed by atoms with Crippen LogP contribution >= 0.6 is 11.6 Å². The van der Waals surface area contributed by atoms with Crippen molar-refractivity contribution < 1.29 is 14.6 Å². The molecule has 21 heavy (non-hydrogen) atoms. The molecule has 0 saturated heterocycles. The molecule has 1 aromatic carbocycles. The van der Waals surface area contributed by atoms with Crippen LogP contribution in [0.2, 0.25) is 5.02 Å². The molecular weight excluding hydrogens is 290 g/mol. The molecule has 0 radical (unpaired) electrons. The van der Waals surface area contributed by atoms with Crippen LogP contribution in [0.4, 0.5) is 4.79 Å². The molecule has 1 amide bonds. The molecule has 2 rings (SSSR count). The van der Waals surface area contributed by atoms with Gasteiger partial charge in [0.2, 0.25) is 0 Å². The van der Waals surface area contributed by atoms with Crippen molar-refractivity contribution >= 4 is 17.7 Å². The Morgan fingerprint density at radius 1 is 1.33 bits per heavy atom. The van der Waals surface area contributed by atoms with Gasteiger partial charge < -0.3 is 15.6 Å². The second-order valence-electron chi connectivity index (χ2n) is 5.79. The van der Waals surface area contributed by atoms with Gasteiger partial charge in [0.1, 0.15) is 5.60 Å². The number of ether oxygens (including phenoxy) is 1. The summed E-state index contributed by atoms with van der Waals surface area (Å²) in [4.78, 5) is 11.4. The first-order chi connectivity index (χ1) is 9.96. The fraction of sp³-hybridized carbons (Fsp3) is 0.562. The first-order valence-electron chi connectivity index (χ1n) is 7.37. The van der Waals surface area contributed by atoms with Crippen molar-refractivity contribution in [3.63, 3.8) is 0 Å². The Hall–Kier alpha value is -1.26. The van der Waals surface area contributed by atoms with Gasteiger partial charge in [-0.2, -0.15) is 0 Å². The number of primary amides is 1. The number of nitrogens with two attached hydrogens (primary N) is 1. The zero-order valence-corrected chi connectivity index (χ0v) is 13.0. The molecule has 0 spiro atoms. The summed E-state index contributed by atoms with van der Waals surface area (Å²) >= 11 is 6.30. The van der Waals surface area contributed by atoms with Crippen LogP contribution in [-0.4, -0.2) is 22.9 Å². The Labute approximate surface area is 130 Å². The molecule has 0 bridgehead atoms. The molecule has 0 heterocycles. The van der Waals surface area contributed by atoms with Crippen LogP contribution in [0.3, 0.4) is 0 Å². The van der Waals surface area contributed by atoms with Crippen LogP contribution in [0.5, 0.6) is 0 Å². The molecule has 1 aromatic rings. The van der Waals surface area contributed by atoms with Crippen molar-refractivity contribution in [3.05, 3.63) is 34.9 Å². The highest BCUT2D eigenvalue weighted by atomic mass is 35.5. The molecule has 3 N–H and O–H groups in total. The quantitative estimate of drug-likeness (QED) is 0.892. The number of hydrogen-bond acceptors (Lipinski definition) is 3. The van der Waals surface area contributed by atoms with E-state index in [2.05, 4.69) is 0 Å². The fourth-order valence-corrected chi connectivity index (χ4v) is 3.79. The van der Waals surface area contributed by atoms with E-state index in [1.54, 1.807) is 13.0 Å². The van der Waals surface area contributed by atoms with Crippen molar-refractivity contribution in [3.8, 4) is 0 Å². The zero-order valence-electron chi connectivity index (χ0n) is 12.2. The Balaban J connectivity index is 2.46. The Morgan fingerprint density at radius 2 is 1.95 bits per heavy atom. The molecule has 2 atom stereocenters. The van der Waals surface area contributed by atoms with Crippen molar-refractivity contribution in [2.45, 2.75) is 56.7 Å². The number of amides is 1. The largest absolute Gasteiger partial charge is 0.442 e. The number of halogens is 1. The van der Waals surface area contributed by atoms with E-state index in [1.165, 1.54) is 0 Å². The standard InChI is InChI=1S/C16H22ClNO3/c1-11(19)14(12-7-3-4-8-13(12)17)16(21-15(18)20)9-5-2-6-10-16/h3-4,7-8,11,14,19H,2,5-6,9-10H2,1H3,(H2,18,20)/t11-,14+/m1/s1. The van der Waals surface area contributed by atoms with Gasteiger partial charge in [-0.05, 0) is 44.2 Å². The maximum absolute atomic E-state index is 11.4. The summed E-state index contributed by atoms with van der Waals surface area (Å²) in [6.07, 6.45) is 2.88. The summed E-state index contributed by atoms with van der Waals surface area (Å²) in [7, 11) is 0. The van der Waals surface area contributed by atoms with E-state index in [1.807, 2.05) is 18.2 Å². The van der Waals surface area contributed by atoms with Gasteiger partial charge in [-0.3, -0.25) is 0 Å². The maximum atomic E-state index is 11.4. The molecule has 0 unspecified atom stereocenters. The fourth-order valence-electron chi connectivity index (χ4n) is 3.54. The van der Waals surface area contributed by atoms with Gasteiger partial charge in [-0.25, -0.2) is 4.79 Å². The highest BCUT2D eigenvalue weighted by molar-refractivity contribution is 6.31. The van der Waals surface area contributed by atoms with Crippen LogP contribution in [0.15, 0.2) is 24.3 Å². The normalized spacial score (nSPS) is 20.5. The molecular formula is C16H22ClNO3. The molecule has 4 nitrogen and oxygen atoms in total. The summed E-state index contributed by atoms with van der Waals surface area (Å²) in [5.74, 6) is -0.376. The maximum Gasteiger partial charge on any atom is 0.405 e. The number of aliphatic hydroxyl groups excluding tert-OH is 1. The third-order valence-electron chi connectivity index (χ3n) is 4.29. The smallest absolute Gasteiger partial charge is 0.405 e. The first-order valence-corrected chi connectivity index (χ1v) is 7.75. The predicted molar refractivity (Wildman–Crippen MR) is 82.4 cm³/mol. The van der Waals surface area contributed by atoms with Crippen LogP contribution in [0, 0.1) is 0 Å². The van der Waals surface area contributed by atoms with Crippen molar-refractivity contribution in [2.75, 3.05) is 0 Å². The minimum Gasteiger partial charge on any atom is -0.442 e. The Bertz CT molecular complexity index is 498. The number of benzene rings is 1. The molecule has 1 aliphatic carbocycles. The van der Waals surface area contributed by atoms with Gasteiger partial charge in [0, 0.05) is 5.02 Å². The third-order valence-corrected chi connectivity index (χ3v) is 4.64. The molecule has 0 aliphatic heterocycles. The summed E-state index contributed by atoms with van der Waals surface area (Å²) in [6.45, 7) is 1.70.